The number of aliphatic hydroxyl groups is 2. The molecular weight excluding hydrogens is 208 g/mol. The van der Waals surface area contributed by atoms with Crippen molar-refractivity contribution in [2.75, 3.05) is 0 Å². The van der Waals surface area contributed by atoms with Gasteiger partial charge in [0.15, 0.2) is 11.6 Å². The van der Waals surface area contributed by atoms with E-state index in [1.54, 1.807) is 0 Å². The van der Waals surface area contributed by atoms with Gasteiger partial charge in [0, 0.05) is 12.8 Å². The van der Waals surface area contributed by atoms with Crippen molar-refractivity contribution >= 4 is 0 Å². The number of hydrogen-bond acceptors (Lipinski definition) is 4. The van der Waals surface area contributed by atoms with E-state index in [0.717, 1.165) is 38.5 Å². The van der Waals surface area contributed by atoms with E-state index in [4.69, 9.17) is 9.47 Å². The summed E-state index contributed by atoms with van der Waals surface area (Å²) in [6.45, 7) is 0. The van der Waals surface area contributed by atoms with E-state index in [0.29, 0.717) is 12.8 Å². The maximum Gasteiger partial charge on any atom is 0.192 e. The van der Waals surface area contributed by atoms with Crippen LogP contribution in [0.25, 0.3) is 0 Å². The van der Waals surface area contributed by atoms with E-state index < -0.39 is 11.6 Å². The third-order valence-electron chi connectivity index (χ3n) is 4.20. The molecular formula is C12H20O4. The van der Waals surface area contributed by atoms with Crippen LogP contribution >= 0.6 is 0 Å². The van der Waals surface area contributed by atoms with Gasteiger partial charge >= 0.3 is 0 Å². The quantitative estimate of drug-likeness (QED) is 0.656. The van der Waals surface area contributed by atoms with Crippen molar-refractivity contribution in [3.05, 3.63) is 0 Å². The summed E-state index contributed by atoms with van der Waals surface area (Å²) in [5, 5.41) is 20.8. The second kappa shape index (κ2) is 3.67. The lowest BCUT2D eigenvalue weighted by atomic mass is 9.84. The van der Waals surface area contributed by atoms with E-state index in [1.807, 2.05) is 0 Å². The molecule has 0 bridgehead atoms. The van der Waals surface area contributed by atoms with E-state index in [1.165, 1.54) is 0 Å². The SMILES string of the molecule is O[C@@]12CCCC[C@@H]1O[C@@]1(O)CCCC[C@H]1O2. The van der Waals surface area contributed by atoms with Crippen molar-refractivity contribution in [3.8, 4) is 0 Å². The van der Waals surface area contributed by atoms with Gasteiger partial charge in [0.25, 0.3) is 0 Å². The maximum absolute atomic E-state index is 10.4. The molecule has 0 aromatic rings. The van der Waals surface area contributed by atoms with Gasteiger partial charge < -0.3 is 19.7 Å². The fraction of sp³-hybridized carbons (Fsp3) is 1.00. The first kappa shape index (κ1) is 11.0. The first-order valence-electron chi connectivity index (χ1n) is 6.43. The van der Waals surface area contributed by atoms with Crippen LogP contribution in [0.4, 0.5) is 0 Å². The third-order valence-corrected chi connectivity index (χ3v) is 4.20. The molecule has 0 amide bonds. The minimum absolute atomic E-state index is 0.347. The maximum atomic E-state index is 10.4. The molecule has 0 unspecified atom stereocenters. The summed E-state index contributed by atoms with van der Waals surface area (Å²) in [5.74, 6) is -2.29. The summed E-state index contributed by atoms with van der Waals surface area (Å²) in [6, 6.07) is 0. The van der Waals surface area contributed by atoms with Crippen LogP contribution in [0.15, 0.2) is 0 Å². The van der Waals surface area contributed by atoms with Crippen LogP contribution < -0.4 is 0 Å². The van der Waals surface area contributed by atoms with Crippen LogP contribution in [0, 0.1) is 0 Å². The fourth-order valence-electron chi connectivity index (χ4n) is 3.25. The molecule has 4 nitrogen and oxygen atoms in total. The van der Waals surface area contributed by atoms with Crippen molar-refractivity contribution in [2.45, 2.75) is 75.1 Å². The summed E-state index contributed by atoms with van der Waals surface area (Å²) in [7, 11) is 0. The Balaban J connectivity index is 1.83. The lowest BCUT2D eigenvalue weighted by molar-refractivity contribution is -0.436. The highest BCUT2D eigenvalue weighted by Gasteiger charge is 2.56. The van der Waals surface area contributed by atoms with Gasteiger partial charge in [-0.25, -0.2) is 0 Å². The van der Waals surface area contributed by atoms with Gasteiger partial charge in [-0.1, -0.05) is 12.8 Å². The summed E-state index contributed by atoms with van der Waals surface area (Å²) >= 11 is 0. The van der Waals surface area contributed by atoms with Gasteiger partial charge in [0.2, 0.25) is 0 Å². The molecule has 0 spiro atoms. The zero-order chi connectivity index (χ0) is 11.2. The van der Waals surface area contributed by atoms with E-state index in [9.17, 15) is 10.2 Å². The van der Waals surface area contributed by atoms with Crippen LogP contribution in [-0.2, 0) is 9.47 Å². The monoisotopic (exact) mass is 228 g/mol. The minimum atomic E-state index is -1.15. The molecule has 1 aliphatic heterocycles. The van der Waals surface area contributed by atoms with Gasteiger partial charge in [0.05, 0.1) is 0 Å². The molecule has 92 valence electrons. The van der Waals surface area contributed by atoms with E-state index in [-0.39, 0.29) is 12.2 Å². The van der Waals surface area contributed by atoms with Crippen molar-refractivity contribution < 1.29 is 19.7 Å². The highest BCUT2D eigenvalue weighted by Crippen LogP contribution is 2.45. The van der Waals surface area contributed by atoms with Crippen molar-refractivity contribution in [3.63, 3.8) is 0 Å². The van der Waals surface area contributed by atoms with Gasteiger partial charge in [-0.05, 0) is 25.7 Å². The van der Waals surface area contributed by atoms with Crippen molar-refractivity contribution in [1.29, 1.82) is 0 Å². The first-order chi connectivity index (χ1) is 7.62. The second-order valence-electron chi connectivity index (χ2n) is 5.39. The Labute approximate surface area is 95.6 Å². The highest BCUT2D eigenvalue weighted by molar-refractivity contribution is 4.96. The van der Waals surface area contributed by atoms with Crippen LogP contribution in [-0.4, -0.2) is 34.0 Å². The lowest BCUT2D eigenvalue weighted by Gasteiger charge is -2.54. The number of rotatable bonds is 0. The zero-order valence-electron chi connectivity index (χ0n) is 9.52. The number of fused-ring (bicyclic) bond motifs is 2. The molecule has 3 rings (SSSR count). The molecule has 1 saturated heterocycles. The average Bonchev–Trinajstić information content (AvgIpc) is 2.25. The van der Waals surface area contributed by atoms with E-state index in [2.05, 4.69) is 0 Å². The van der Waals surface area contributed by atoms with Gasteiger partial charge in [0.1, 0.15) is 12.2 Å². The normalized spacial score (nSPS) is 52.9. The van der Waals surface area contributed by atoms with Gasteiger partial charge in [-0.2, -0.15) is 0 Å². The molecule has 3 fully saturated rings. The third kappa shape index (κ3) is 1.59. The number of ether oxygens (including phenoxy) is 2. The summed E-state index contributed by atoms with van der Waals surface area (Å²) in [5.41, 5.74) is 0. The largest absolute Gasteiger partial charge is 0.363 e. The van der Waals surface area contributed by atoms with Crippen molar-refractivity contribution in [2.24, 2.45) is 0 Å². The van der Waals surface area contributed by atoms with Gasteiger partial charge in [-0.15, -0.1) is 0 Å². The topological polar surface area (TPSA) is 58.9 Å². The molecule has 2 N–H and O–H groups in total. The smallest absolute Gasteiger partial charge is 0.192 e. The Kier molecular flexibility index (Phi) is 2.51. The van der Waals surface area contributed by atoms with Crippen LogP contribution in [0.5, 0.6) is 0 Å². The Morgan fingerprint density at radius 3 is 1.62 bits per heavy atom. The Morgan fingerprint density at radius 2 is 1.19 bits per heavy atom. The Morgan fingerprint density at radius 1 is 0.750 bits per heavy atom. The fourth-order valence-corrected chi connectivity index (χ4v) is 3.25. The molecule has 2 aliphatic carbocycles. The molecule has 2 saturated carbocycles. The molecule has 4 heteroatoms. The Hall–Kier alpha value is -0.160. The molecule has 4 atom stereocenters. The van der Waals surface area contributed by atoms with Crippen LogP contribution in [0.3, 0.4) is 0 Å². The lowest BCUT2D eigenvalue weighted by Crippen LogP contribution is -2.65. The minimum Gasteiger partial charge on any atom is -0.363 e. The summed E-state index contributed by atoms with van der Waals surface area (Å²) in [4.78, 5) is 0. The van der Waals surface area contributed by atoms with E-state index >= 15 is 0 Å². The second-order valence-corrected chi connectivity index (χ2v) is 5.39. The molecule has 0 aromatic heterocycles. The summed E-state index contributed by atoms with van der Waals surface area (Å²) < 4.78 is 11.5. The van der Waals surface area contributed by atoms with Crippen LogP contribution in [0.2, 0.25) is 0 Å². The molecule has 3 aliphatic rings. The average molecular weight is 228 g/mol. The molecule has 0 aromatic carbocycles. The molecule has 1 heterocycles. The summed E-state index contributed by atoms with van der Waals surface area (Å²) in [6.07, 6.45) is 6.16. The molecule has 16 heavy (non-hydrogen) atoms. The zero-order valence-corrected chi connectivity index (χ0v) is 9.52. The highest BCUT2D eigenvalue weighted by atomic mass is 16.7. The van der Waals surface area contributed by atoms with Crippen LogP contribution in [0.1, 0.15) is 51.4 Å². The molecule has 0 radical (unpaired) electrons. The Bertz CT molecular complexity index is 254. The van der Waals surface area contributed by atoms with Gasteiger partial charge in [-0.3, -0.25) is 0 Å². The standard InChI is InChI=1S/C12H20O4/c13-11-7-3-1-5-9(11)15-12(14)8-4-2-6-10(12)16-11/h9-10,13-14H,1-8H2/t9-,10+,11+,12-. The first-order valence-corrected chi connectivity index (χ1v) is 6.43. The predicted octanol–water partition coefficient (Wildman–Crippen LogP) is 1.30. The van der Waals surface area contributed by atoms with Crippen molar-refractivity contribution in [1.82, 2.24) is 0 Å². The predicted molar refractivity (Wildman–Crippen MR) is 56.6 cm³/mol. The number of hydrogen-bond donors (Lipinski definition) is 2.